The molecule has 1 atom stereocenters. The van der Waals surface area contributed by atoms with Crippen LogP contribution in [0.4, 0.5) is 0 Å². The van der Waals surface area contributed by atoms with Crippen LogP contribution in [0.2, 0.25) is 0 Å². The maximum atomic E-state index is 12.7. The zero-order chi connectivity index (χ0) is 16.9. The van der Waals surface area contributed by atoms with Gasteiger partial charge in [0.2, 0.25) is 5.91 Å². The van der Waals surface area contributed by atoms with Crippen molar-refractivity contribution < 1.29 is 4.79 Å². The van der Waals surface area contributed by atoms with Gasteiger partial charge in [0.05, 0.1) is 10.7 Å². The molecule has 1 fully saturated rings. The fraction of sp³-hybridized carbons (Fsp3) is 0.588. The van der Waals surface area contributed by atoms with Gasteiger partial charge < -0.3 is 4.90 Å². The SMILES string of the molecule is CCc1nc(CN2CCCN(C(=O)[C@@H](C)n3cccn3)CC2)cs1. The van der Waals surface area contributed by atoms with E-state index in [9.17, 15) is 4.79 Å². The normalized spacial score (nSPS) is 17.7. The van der Waals surface area contributed by atoms with Crippen molar-refractivity contribution in [2.75, 3.05) is 26.2 Å². The third-order valence-electron chi connectivity index (χ3n) is 4.47. The average molecular weight is 347 g/mol. The molecule has 6 nitrogen and oxygen atoms in total. The third-order valence-corrected chi connectivity index (χ3v) is 5.51. The molecule has 3 rings (SSSR count). The molecule has 2 aromatic rings. The van der Waals surface area contributed by atoms with Crippen molar-refractivity contribution in [1.29, 1.82) is 0 Å². The van der Waals surface area contributed by atoms with Crippen LogP contribution in [-0.4, -0.2) is 56.7 Å². The van der Waals surface area contributed by atoms with Gasteiger partial charge >= 0.3 is 0 Å². The molecule has 1 saturated heterocycles. The van der Waals surface area contributed by atoms with Crippen LogP contribution in [0.5, 0.6) is 0 Å². The molecule has 0 saturated carbocycles. The van der Waals surface area contributed by atoms with E-state index in [1.807, 2.05) is 24.1 Å². The van der Waals surface area contributed by atoms with Gasteiger partial charge in [-0.2, -0.15) is 5.10 Å². The maximum Gasteiger partial charge on any atom is 0.247 e. The Bertz CT molecular complexity index is 654. The quantitative estimate of drug-likeness (QED) is 0.832. The van der Waals surface area contributed by atoms with Gasteiger partial charge in [-0.25, -0.2) is 4.98 Å². The lowest BCUT2D eigenvalue weighted by molar-refractivity contribution is -0.134. The van der Waals surface area contributed by atoms with Gasteiger partial charge in [-0.15, -0.1) is 11.3 Å². The molecule has 130 valence electrons. The predicted molar refractivity (Wildman–Crippen MR) is 94.9 cm³/mol. The predicted octanol–water partition coefficient (Wildman–Crippen LogP) is 2.20. The first-order chi connectivity index (χ1) is 11.7. The lowest BCUT2D eigenvalue weighted by atomic mass is 10.2. The van der Waals surface area contributed by atoms with E-state index in [-0.39, 0.29) is 11.9 Å². The van der Waals surface area contributed by atoms with Crippen LogP contribution in [0.15, 0.2) is 23.8 Å². The van der Waals surface area contributed by atoms with E-state index >= 15 is 0 Å². The summed E-state index contributed by atoms with van der Waals surface area (Å²) in [5.74, 6) is 0.155. The second-order valence-electron chi connectivity index (χ2n) is 6.20. The number of nitrogens with zero attached hydrogens (tertiary/aromatic N) is 5. The summed E-state index contributed by atoms with van der Waals surface area (Å²) in [5, 5.41) is 7.55. The van der Waals surface area contributed by atoms with Gasteiger partial charge in [0.1, 0.15) is 6.04 Å². The summed E-state index contributed by atoms with van der Waals surface area (Å²) in [6.45, 7) is 8.44. The van der Waals surface area contributed by atoms with Crippen molar-refractivity contribution in [1.82, 2.24) is 24.6 Å². The zero-order valence-corrected chi connectivity index (χ0v) is 15.2. The van der Waals surface area contributed by atoms with Crippen molar-refractivity contribution in [3.63, 3.8) is 0 Å². The summed E-state index contributed by atoms with van der Waals surface area (Å²) < 4.78 is 1.73. The Kier molecular flexibility index (Phi) is 5.63. The number of aryl methyl sites for hydroxylation is 1. The first kappa shape index (κ1) is 17.1. The van der Waals surface area contributed by atoms with Crippen LogP contribution in [0.25, 0.3) is 0 Å². The van der Waals surface area contributed by atoms with Crippen molar-refractivity contribution in [2.24, 2.45) is 0 Å². The van der Waals surface area contributed by atoms with E-state index in [1.165, 1.54) is 5.01 Å². The van der Waals surface area contributed by atoms with Gasteiger partial charge in [0.25, 0.3) is 0 Å². The van der Waals surface area contributed by atoms with Gasteiger partial charge in [-0.05, 0) is 25.8 Å². The summed E-state index contributed by atoms with van der Waals surface area (Å²) in [6.07, 6.45) is 5.56. The average Bonchev–Trinajstić information content (AvgIpc) is 3.23. The zero-order valence-electron chi connectivity index (χ0n) is 14.4. The number of hydrogen-bond donors (Lipinski definition) is 0. The van der Waals surface area contributed by atoms with Gasteiger partial charge in [0, 0.05) is 50.5 Å². The van der Waals surface area contributed by atoms with Gasteiger partial charge in [-0.1, -0.05) is 6.92 Å². The van der Waals surface area contributed by atoms with Crippen LogP contribution in [0, 0.1) is 0 Å². The van der Waals surface area contributed by atoms with Crippen LogP contribution in [0.1, 0.15) is 37.0 Å². The maximum absolute atomic E-state index is 12.7. The molecule has 0 bridgehead atoms. The van der Waals surface area contributed by atoms with Crippen molar-refractivity contribution in [3.05, 3.63) is 34.5 Å². The molecule has 0 N–H and O–H groups in total. The van der Waals surface area contributed by atoms with E-state index in [2.05, 4.69) is 27.3 Å². The summed E-state index contributed by atoms with van der Waals surface area (Å²) in [5.41, 5.74) is 1.15. The highest BCUT2D eigenvalue weighted by Gasteiger charge is 2.24. The number of carbonyl (C=O) groups is 1. The standard InChI is InChI=1S/C17H25N5OS/c1-3-16-19-15(13-24-16)12-20-7-5-8-21(11-10-20)17(23)14(2)22-9-4-6-18-22/h4,6,9,13-14H,3,5,7-8,10-12H2,1-2H3/t14-/m1/s1. The van der Waals surface area contributed by atoms with E-state index in [4.69, 9.17) is 0 Å². The van der Waals surface area contributed by atoms with E-state index in [0.717, 1.165) is 51.3 Å². The molecule has 1 amide bonds. The lowest BCUT2D eigenvalue weighted by Gasteiger charge is -2.24. The Balaban J connectivity index is 1.55. The molecule has 0 aliphatic carbocycles. The largest absolute Gasteiger partial charge is 0.340 e. The molecule has 0 radical (unpaired) electrons. The summed E-state index contributed by atoms with van der Waals surface area (Å²) in [6, 6.07) is 1.61. The molecule has 0 spiro atoms. The number of carbonyl (C=O) groups excluding carboxylic acids is 1. The highest BCUT2D eigenvalue weighted by Crippen LogP contribution is 2.15. The highest BCUT2D eigenvalue weighted by atomic mass is 32.1. The van der Waals surface area contributed by atoms with Gasteiger partial charge in [-0.3, -0.25) is 14.4 Å². The summed E-state index contributed by atoms with van der Waals surface area (Å²) >= 11 is 1.74. The third kappa shape index (κ3) is 4.02. The van der Waals surface area contributed by atoms with Gasteiger partial charge in [0.15, 0.2) is 0 Å². The van der Waals surface area contributed by atoms with E-state index < -0.39 is 0 Å². The Morgan fingerprint density at radius 2 is 2.21 bits per heavy atom. The Morgan fingerprint density at radius 1 is 1.33 bits per heavy atom. The second-order valence-corrected chi connectivity index (χ2v) is 7.15. The minimum Gasteiger partial charge on any atom is -0.340 e. The highest BCUT2D eigenvalue weighted by molar-refractivity contribution is 7.09. The van der Waals surface area contributed by atoms with E-state index in [0.29, 0.717) is 0 Å². The Morgan fingerprint density at radius 3 is 2.92 bits per heavy atom. The molecule has 1 aliphatic heterocycles. The molecule has 1 aliphatic rings. The minimum atomic E-state index is -0.239. The fourth-order valence-electron chi connectivity index (χ4n) is 3.05. The number of amides is 1. The van der Waals surface area contributed by atoms with Crippen molar-refractivity contribution in [2.45, 2.75) is 39.3 Å². The first-order valence-corrected chi connectivity index (χ1v) is 9.49. The monoisotopic (exact) mass is 347 g/mol. The van der Waals surface area contributed by atoms with E-state index in [1.54, 1.807) is 22.2 Å². The first-order valence-electron chi connectivity index (χ1n) is 8.61. The summed E-state index contributed by atoms with van der Waals surface area (Å²) in [4.78, 5) is 21.7. The van der Waals surface area contributed by atoms with Crippen LogP contribution < -0.4 is 0 Å². The molecular weight excluding hydrogens is 322 g/mol. The number of aromatic nitrogens is 3. The van der Waals surface area contributed by atoms with Crippen LogP contribution >= 0.6 is 11.3 Å². The topological polar surface area (TPSA) is 54.3 Å². The van der Waals surface area contributed by atoms with Crippen molar-refractivity contribution in [3.8, 4) is 0 Å². The smallest absolute Gasteiger partial charge is 0.247 e. The molecular formula is C17H25N5OS. The van der Waals surface area contributed by atoms with Crippen molar-refractivity contribution >= 4 is 17.2 Å². The molecule has 0 aromatic carbocycles. The molecule has 0 unspecified atom stereocenters. The second kappa shape index (κ2) is 7.90. The van der Waals surface area contributed by atoms with Crippen LogP contribution in [-0.2, 0) is 17.8 Å². The lowest BCUT2D eigenvalue weighted by Crippen LogP contribution is -2.39. The molecule has 3 heterocycles. The molecule has 24 heavy (non-hydrogen) atoms. The Hall–Kier alpha value is -1.73. The number of hydrogen-bond acceptors (Lipinski definition) is 5. The fourth-order valence-corrected chi connectivity index (χ4v) is 3.79. The molecule has 7 heteroatoms. The Labute approximate surface area is 147 Å². The molecule has 2 aromatic heterocycles. The van der Waals surface area contributed by atoms with Crippen LogP contribution in [0.3, 0.4) is 0 Å². The number of rotatable bonds is 5. The summed E-state index contributed by atoms with van der Waals surface area (Å²) in [7, 11) is 0. The minimum absolute atomic E-state index is 0.155. The number of thiazole rings is 1.